The molecule has 0 radical (unpaired) electrons. The Hall–Kier alpha value is -1.22. The van der Waals surface area contributed by atoms with Crippen LogP contribution in [0, 0.1) is 0 Å². The SMILES string of the molecule is O=C(O)c1cccc(N2CCCCC2)c1Cl. The lowest BCUT2D eigenvalue weighted by molar-refractivity contribution is 0.0697. The van der Waals surface area contributed by atoms with Gasteiger partial charge in [0.2, 0.25) is 0 Å². The number of anilines is 1. The highest BCUT2D eigenvalue weighted by Crippen LogP contribution is 2.31. The zero-order valence-electron chi connectivity index (χ0n) is 8.95. The molecule has 86 valence electrons. The minimum absolute atomic E-state index is 0.185. The molecule has 16 heavy (non-hydrogen) atoms. The van der Waals surface area contributed by atoms with E-state index in [1.807, 2.05) is 6.07 Å². The normalized spacial score (nSPS) is 16.2. The van der Waals surface area contributed by atoms with Crippen LogP contribution in [0.2, 0.25) is 5.02 Å². The van der Waals surface area contributed by atoms with Crippen molar-refractivity contribution in [2.75, 3.05) is 18.0 Å². The van der Waals surface area contributed by atoms with Gasteiger partial charge in [-0.25, -0.2) is 4.79 Å². The molecule has 2 rings (SSSR count). The molecule has 1 heterocycles. The van der Waals surface area contributed by atoms with Crippen molar-refractivity contribution < 1.29 is 9.90 Å². The van der Waals surface area contributed by atoms with Crippen molar-refractivity contribution in [2.24, 2.45) is 0 Å². The van der Waals surface area contributed by atoms with Crippen molar-refractivity contribution >= 4 is 23.3 Å². The van der Waals surface area contributed by atoms with E-state index in [9.17, 15) is 4.79 Å². The molecule has 0 spiro atoms. The fourth-order valence-corrected chi connectivity index (χ4v) is 2.39. The van der Waals surface area contributed by atoms with Gasteiger partial charge in [-0.05, 0) is 31.4 Å². The summed E-state index contributed by atoms with van der Waals surface area (Å²) in [4.78, 5) is 13.1. The first kappa shape index (κ1) is 11.3. The fourth-order valence-electron chi connectivity index (χ4n) is 2.06. The van der Waals surface area contributed by atoms with E-state index in [1.165, 1.54) is 12.5 Å². The quantitative estimate of drug-likeness (QED) is 0.863. The van der Waals surface area contributed by atoms with Gasteiger partial charge in [0.15, 0.2) is 0 Å². The van der Waals surface area contributed by atoms with Crippen molar-refractivity contribution in [3.63, 3.8) is 0 Å². The minimum Gasteiger partial charge on any atom is -0.478 e. The van der Waals surface area contributed by atoms with E-state index in [4.69, 9.17) is 16.7 Å². The number of hydrogen-bond donors (Lipinski definition) is 1. The summed E-state index contributed by atoms with van der Waals surface area (Å²) in [6.07, 6.45) is 3.54. The van der Waals surface area contributed by atoms with Gasteiger partial charge in [0.25, 0.3) is 0 Å². The smallest absolute Gasteiger partial charge is 0.337 e. The summed E-state index contributed by atoms with van der Waals surface area (Å²) in [5.74, 6) is -0.969. The predicted octanol–water partition coefficient (Wildman–Crippen LogP) is 3.03. The van der Waals surface area contributed by atoms with Gasteiger partial charge in [-0.1, -0.05) is 17.7 Å². The Balaban J connectivity index is 2.33. The van der Waals surface area contributed by atoms with Crippen LogP contribution >= 0.6 is 11.6 Å². The molecule has 0 aromatic heterocycles. The number of rotatable bonds is 2. The molecule has 1 saturated heterocycles. The molecule has 1 aromatic carbocycles. The lowest BCUT2D eigenvalue weighted by atomic mass is 10.1. The lowest BCUT2D eigenvalue weighted by Crippen LogP contribution is -2.29. The molecule has 1 fully saturated rings. The molecule has 0 atom stereocenters. The van der Waals surface area contributed by atoms with Gasteiger partial charge in [0.1, 0.15) is 0 Å². The van der Waals surface area contributed by atoms with Crippen LogP contribution in [0.4, 0.5) is 5.69 Å². The van der Waals surface area contributed by atoms with E-state index in [-0.39, 0.29) is 5.56 Å². The van der Waals surface area contributed by atoms with Crippen LogP contribution in [-0.2, 0) is 0 Å². The molecule has 3 nitrogen and oxygen atoms in total. The van der Waals surface area contributed by atoms with Gasteiger partial charge in [-0.2, -0.15) is 0 Å². The van der Waals surface area contributed by atoms with Crippen molar-refractivity contribution in [1.82, 2.24) is 0 Å². The van der Waals surface area contributed by atoms with Gasteiger partial charge in [-0.15, -0.1) is 0 Å². The maximum absolute atomic E-state index is 11.0. The van der Waals surface area contributed by atoms with Crippen LogP contribution < -0.4 is 4.90 Å². The number of piperidine rings is 1. The fraction of sp³-hybridized carbons (Fsp3) is 0.417. The maximum Gasteiger partial charge on any atom is 0.337 e. The Morgan fingerprint density at radius 2 is 1.94 bits per heavy atom. The Bertz CT molecular complexity index is 400. The summed E-state index contributed by atoms with van der Waals surface area (Å²) in [5.41, 5.74) is 1.03. The van der Waals surface area contributed by atoms with Gasteiger partial charge in [-0.3, -0.25) is 0 Å². The summed E-state index contributed by atoms with van der Waals surface area (Å²) in [6.45, 7) is 1.92. The molecule has 0 amide bonds. The molecule has 4 heteroatoms. The monoisotopic (exact) mass is 239 g/mol. The second kappa shape index (κ2) is 4.74. The predicted molar refractivity (Wildman–Crippen MR) is 64.5 cm³/mol. The minimum atomic E-state index is -0.969. The number of halogens is 1. The standard InChI is InChI=1S/C12H14ClNO2/c13-11-9(12(15)16)5-4-6-10(11)14-7-2-1-3-8-14/h4-6H,1-3,7-8H2,(H,15,16). The number of hydrogen-bond acceptors (Lipinski definition) is 2. The summed E-state index contributed by atoms with van der Waals surface area (Å²) in [5, 5.41) is 9.34. The zero-order valence-corrected chi connectivity index (χ0v) is 9.70. The van der Waals surface area contributed by atoms with Crippen LogP contribution in [0.3, 0.4) is 0 Å². The molecule has 0 aliphatic carbocycles. The third-order valence-corrected chi connectivity index (χ3v) is 3.30. The van der Waals surface area contributed by atoms with Crippen LogP contribution in [0.1, 0.15) is 29.6 Å². The number of aromatic carboxylic acids is 1. The van der Waals surface area contributed by atoms with Gasteiger partial charge >= 0.3 is 5.97 Å². The topological polar surface area (TPSA) is 40.5 Å². The number of carboxylic acids is 1. The largest absolute Gasteiger partial charge is 0.478 e. The molecule has 1 aromatic rings. The highest BCUT2D eigenvalue weighted by molar-refractivity contribution is 6.36. The molecule has 1 aliphatic rings. The summed E-state index contributed by atoms with van der Waals surface area (Å²) < 4.78 is 0. The Kier molecular flexibility index (Phi) is 3.34. The molecule has 0 unspecified atom stereocenters. The Labute approximate surface area is 99.6 Å². The van der Waals surface area contributed by atoms with Crippen LogP contribution in [0.25, 0.3) is 0 Å². The summed E-state index contributed by atoms with van der Waals surface area (Å²) >= 11 is 6.11. The van der Waals surface area contributed by atoms with E-state index in [0.717, 1.165) is 31.6 Å². The second-order valence-electron chi connectivity index (χ2n) is 3.99. The maximum atomic E-state index is 11.0. The van der Waals surface area contributed by atoms with Gasteiger partial charge in [0.05, 0.1) is 16.3 Å². The second-order valence-corrected chi connectivity index (χ2v) is 4.37. The molecular formula is C12H14ClNO2. The van der Waals surface area contributed by atoms with Crippen molar-refractivity contribution in [2.45, 2.75) is 19.3 Å². The van der Waals surface area contributed by atoms with Crippen LogP contribution in [-0.4, -0.2) is 24.2 Å². The first-order valence-corrected chi connectivity index (χ1v) is 5.84. The lowest BCUT2D eigenvalue weighted by Gasteiger charge is -2.29. The van der Waals surface area contributed by atoms with E-state index in [2.05, 4.69) is 4.90 Å². The Morgan fingerprint density at radius 1 is 1.25 bits per heavy atom. The molecule has 0 saturated carbocycles. The van der Waals surface area contributed by atoms with E-state index in [1.54, 1.807) is 6.07 Å². The van der Waals surface area contributed by atoms with Crippen LogP contribution in [0.5, 0.6) is 0 Å². The highest BCUT2D eigenvalue weighted by Gasteiger charge is 2.17. The third-order valence-electron chi connectivity index (χ3n) is 2.91. The number of carboxylic acid groups (broad SMARTS) is 1. The van der Waals surface area contributed by atoms with Crippen molar-refractivity contribution in [3.05, 3.63) is 28.8 Å². The molecule has 1 N–H and O–H groups in total. The average Bonchev–Trinajstić information content (AvgIpc) is 2.30. The molecule has 1 aliphatic heterocycles. The molecule has 0 bridgehead atoms. The van der Waals surface area contributed by atoms with Crippen molar-refractivity contribution in [1.29, 1.82) is 0 Å². The Morgan fingerprint density at radius 3 is 2.56 bits per heavy atom. The first-order valence-electron chi connectivity index (χ1n) is 5.47. The zero-order chi connectivity index (χ0) is 11.5. The molecular weight excluding hydrogens is 226 g/mol. The van der Waals surface area contributed by atoms with Crippen molar-refractivity contribution in [3.8, 4) is 0 Å². The average molecular weight is 240 g/mol. The van der Waals surface area contributed by atoms with E-state index in [0.29, 0.717) is 5.02 Å². The van der Waals surface area contributed by atoms with Gasteiger partial charge in [0, 0.05) is 13.1 Å². The number of benzene rings is 1. The summed E-state index contributed by atoms with van der Waals surface area (Å²) in [7, 11) is 0. The highest BCUT2D eigenvalue weighted by atomic mass is 35.5. The summed E-state index contributed by atoms with van der Waals surface area (Å²) in [6, 6.07) is 5.18. The first-order chi connectivity index (χ1) is 7.70. The van der Waals surface area contributed by atoms with E-state index < -0.39 is 5.97 Å². The van der Waals surface area contributed by atoms with Crippen LogP contribution in [0.15, 0.2) is 18.2 Å². The number of carbonyl (C=O) groups is 1. The van der Waals surface area contributed by atoms with Gasteiger partial charge < -0.3 is 10.0 Å². The number of nitrogens with zero attached hydrogens (tertiary/aromatic N) is 1. The third kappa shape index (κ3) is 2.14. The van der Waals surface area contributed by atoms with E-state index >= 15 is 0 Å².